The first-order chi connectivity index (χ1) is 14.0. The van der Waals surface area contributed by atoms with Crippen LogP contribution in [-0.4, -0.2) is 84.6 Å². The van der Waals surface area contributed by atoms with Crippen LogP contribution in [0, 0.1) is 0 Å². The van der Waals surface area contributed by atoms with E-state index >= 15 is 0 Å². The molecule has 32 heavy (non-hydrogen) atoms. The monoisotopic (exact) mass is 553 g/mol. The average molecular weight is 553 g/mol. The second kappa shape index (κ2) is 13.0. The summed E-state index contributed by atoms with van der Waals surface area (Å²) in [7, 11) is -19.6. The summed E-state index contributed by atoms with van der Waals surface area (Å²) >= 11 is 0. The molecule has 10 N–H and O–H groups in total. The average Bonchev–Trinajstić information content (AvgIpc) is 2.59. The van der Waals surface area contributed by atoms with Gasteiger partial charge in [-0.2, -0.15) is 0 Å². The van der Waals surface area contributed by atoms with Crippen LogP contribution >= 0.6 is 30.4 Å². The molecular formula is C13H35NO14P4. The molecule has 0 fully saturated rings. The lowest BCUT2D eigenvalue weighted by molar-refractivity contribution is 0.113. The summed E-state index contributed by atoms with van der Waals surface area (Å²) in [6, 6.07) is 0. The highest BCUT2D eigenvalue weighted by Crippen LogP contribution is 2.70. The van der Waals surface area contributed by atoms with Crippen LogP contribution in [0.5, 0.6) is 0 Å². The van der Waals surface area contributed by atoms with Crippen LogP contribution in [0.3, 0.4) is 0 Å². The van der Waals surface area contributed by atoms with Gasteiger partial charge in [-0.25, -0.2) is 0 Å². The van der Waals surface area contributed by atoms with Gasteiger partial charge in [-0.3, -0.25) is 18.3 Å². The molecule has 0 aromatic carbocycles. The van der Waals surface area contributed by atoms with Crippen molar-refractivity contribution in [3.05, 3.63) is 0 Å². The van der Waals surface area contributed by atoms with Crippen molar-refractivity contribution < 1.29 is 67.6 Å². The van der Waals surface area contributed by atoms with Gasteiger partial charge < -0.3 is 54.3 Å². The molecule has 0 saturated carbocycles. The van der Waals surface area contributed by atoms with E-state index in [4.69, 9.17) is 39.1 Å². The van der Waals surface area contributed by atoms with E-state index in [2.05, 4.69) is 0 Å². The lowest BCUT2D eigenvalue weighted by Gasteiger charge is -2.30. The van der Waals surface area contributed by atoms with Crippen LogP contribution < -0.4 is 0 Å². The molecule has 15 nitrogen and oxygen atoms in total. The number of rotatable bonds is 13. The Morgan fingerprint density at radius 1 is 0.625 bits per heavy atom. The maximum atomic E-state index is 10.9. The van der Waals surface area contributed by atoms with Crippen molar-refractivity contribution in [2.45, 2.75) is 62.5 Å². The van der Waals surface area contributed by atoms with Crippen LogP contribution in [0.2, 0.25) is 0 Å². The first-order valence-electron chi connectivity index (χ1n) is 9.37. The van der Waals surface area contributed by atoms with E-state index in [1.165, 1.54) is 0 Å². The van der Waals surface area contributed by atoms with Gasteiger partial charge in [-0.1, -0.05) is 33.1 Å². The summed E-state index contributed by atoms with van der Waals surface area (Å²) in [6.45, 7) is 4.16. The maximum absolute atomic E-state index is 10.9. The standard InChI is InChI=1S/C7H18O7P2.C6H17NO7P2/c1-2-3-4-5-6-7(8,15(9,10)11)16(12,13)14;1-3-7(2)5-4-6(8,15(9,10)11)16(12,13)14/h8H,2-6H2,1H3,(H2,9,10,11)(H2,12,13,14);8H,3-5H2,1-2H3,(H2,9,10,11)(H2,12,13,14). The maximum Gasteiger partial charge on any atom is 0.369 e. The van der Waals surface area contributed by atoms with Gasteiger partial charge in [0, 0.05) is 13.0 Å². The van der Waals surface area contributed by atoms with Crippen molar-refractivity contribution in [3.63, 3.8) is 0 Å². The molecule has 0 aliphatic heterocycles. The molecule has 0 aromatic heterocycles. The van der Waals surface area contributed by atoms with Gasteiger partial charge in [0.1, 0.15) is 0 Å². The van der Waals surface area contributed by atoms with Crippen molar-refractivity contribution >= 4 is 30.4 Å². The molecule has 0 amide bonds. The largest absolute Gasteiger partial charge is 0.369 e. The summed E-state index contributed by atoms with van der Waals surface area (Å²) < 4.78 is 43.7. The van der Waals surface area contributed by atoms with Crippen LogP contribution in [0.15, 0.2) is 0 Å². The van der Waals surface area contributed by atoms with Gasteiger partial charge in [-0.05, 0) is 26.4 Å². The Morgan fingerprint density at radius 2 is 0.969 bits per heavy atom. The Hall–Kier alpha value is 0.480. The van der Waals surface area contributed by atoms with Gasteiger partial charge in [0.15, 0.2) is 0 Å². The zero-order valence-corrected chi connectivity index (χ0v) is 21.6. The Morgan fingerprint density at radius 3 is 1.25 bits per heavy atom. The highest BCUT2D eigenvalue weighted by atomic mass is 31.2. The first kappa shape index (κ1) is 34.6. The predicted molar refractivity (Wildman–Crippen MR) is 115 cm³/mol. The molecule has 0 heterocycles. The molecule has 0 bridgehead atoms. The van der Waals surface area contributed by atoms with Crippen molar-refractivity contribution in [2.75, 3.05) is 20.1 Å². The molecular weight excluding hydrogens is 518 g/mol. The smallest absolute Gasteiger partial charge is 0.368 e. The molecule has 0 radical (unpaired) electrons. The summed E-state index contributed by atoms with van der Waals surface area (Å²) in [4.78, 5) is 72.0. The van der Waals surface area contributed by atoms with Crippen molar-refractivity contribution in [3.8, 4) is 0 Å². The van der Waals surface area contributed by atoms with Gasteiger partial charge in [-0.15, -0.1) is 0 Å². The number of aliphatic hydroxyl groups is 2. The third-order valence-corrected chi connectivity index (χ3v) is 12.4. The quantitative estimate of drug-likeness (QED) is 0.108. The van der Waals surface area contributed by atoms with E-state index in [9.17, 15) is 28.5 Å². The van der Waals surface area contributed by atoms with Crippen LogP contribution in [-0.2, 0) is 18.3 Å². The van der Waals surface area contributed by atoms with Crippen LogP contribution in [0.4, 0.5) is 0 Å². The van der Waals surface area contributed by atoms with Gasteiger partial charge in [0.05, 0.1) is 0 Å². The molecule has 0 rings (SSSR count). The second-order valence-corrected chi connectivity index (χ2v) is 15.2. The summed E-state index contributed by atoms with van der Waals surface area (Å²) in [5.74, 6) is 0. The van der Waals surface area contributed by atoms with E-state index in [0.29, 0.717) is 13.0 Å². The topological polar surface area (TPSA) is 274 Å². The SMILES string of the molecule is CCCCCCC(O)(P(=O)(O)O)P(=O)(O)O.CCN(C)CCC(O)(P(=O)(O)O)P(=O)(O)O. The molecule has 0 spiro atoms. The molecule has 0 aliphatic rings. The molecule has 0 atom stereocenters. The highest BCUT2D eigenvalue weighted by Gasteiger charge is 2.59. The van der Waals surface area contributed by atoms with E-state index in [-0.39, 0.29) is 13.0 Å². The summed E-state index contributed by atoms with van der Waals surface area (Å²) in [5, 5.41) is 12.4. The highest BCUT2D eigenvalue weighted by molar-refractivity contribution is 7.72. The number of nitrogens with zero attached hydrogens (tertiary/aromatic N) is 1. The van der Waals surface area contributed by atoms with E-state index in [0.717, 1.165) is 12.8 Å². The Labute approximate surface area is 186 Å². The fourth-order valence-electron chi connectivity index (χ4n) is 2.21. The third kappa shape index (κ3) is 10.00. The summed E-state index contributed by atoms with van der Waals surface area (Å²) in [5.41, 5.74) is 0. The predicted octanol–water partition coefficient (Wildman–Crippen LogP) is 0.288. The fraction of sp³-hybridized carbons (Fsp3) is 1.00. The van der Waals surface area contributed by atoms with Crippen molar-refractivity contribution in [2.24, 2.45) is 0 Å². The molecule has 0 saturated heterocycles. The van der Waals surface area contributed by atoms with E-state index < -0.39 is 53.4 Å². The molecule has 0 unspecified atom stereocenters. The Bertz CT molecular complexity index is 708. The van der Waals surface area contributed by atoms with E-state index in [1.807, 2.05) is 6.92 Å². The zero-order valence-electron chi connectivity index (χ0n) is 18.0. The van der Waals surface area contributed by atoms with Gasteiger partial charge in [0.2, 0.25) is 0 Å². The van der Waals surface area contributed by atoms with Crippen LogP contribution in [0.1, 0.15) is 52.4 Å². The van der Waals surface area contributed by atoms with Crippen molar-refractivity contribution in [1.29, 1.82) is 0 Å². The van der Waals surface area contributed by atoms with E-state index in [1.54, 1.807) is 18.9 Å². The first-order valence-corrected chi connectivity index (χ1v) is 15.8. The molecule has 19 heteroatoms. The van der Waals surface area contributed by atoms with Gasteiger partial charge >= 0.3 is 30.4 Å². The Kier molecular flexibility index (Phi) is 14.0. The Balaban J connectivity index is 0. The van der Waals surface area contributed by atoms with Crippen molar-refractivity contribution in [1.82, 2.24) is 4.90 Å². The van der Waals surface area contributed by atoms with Crippen LogP contribution in [0.25, 0.3) is 0 Å². The second-order valence-electron chi connectivity index (χ2n) is 7.18. The lowest BCUT2D eigenvalue weighted by atomic mass is 10.2. The minimum atomic E-state index is -5.31. The van der Waals surface area contributed by atoms with Gasteiger partial charge in [0.25, 0.3) is 10.2 Å². The fourth-order valence-corrected chi connectivity index (χ4v) is 6.61. The molecule has 0 aliphatic carbocycles. The number of hydrogen-bond donors (Lipinski definition) is 10. The minimum Gasteiger partial charge on any atom is -0.368 e. The third-order valence-electron chi connectivity index (χ3n) is 4.60. The molecule has 196 valence electrons. The zero-order chi connectivity index (χ0) is 26.2. The summed E-state index contributed by atoms with van der Waals surface area (Å²) in [6.07, 6.45) is 1.04. The minimum absolute atomic E-state index is 0.0385. The lowest BCUT2D eigenvalue weighted by Crippen LogP contribution is -2.33. The number of unbranched alkanes of at least 4 members (excludes halogenated alkanes) is 3. The normalized spacial score (nSPS) is 14.3. The molecule has 0 aromatic rings. The number of hydrogen-bond acceptors (Lipinski definition) is 7.